The van der Waals surface area contributed by atoms with E-state index in [4.69, 9.17) is 17.3 Å². The van der Waals surface area contributed by atoms with Gasteiger partial charge in [0.05, 0.1) is 10.6 Å². The van der Waals surface area contributed by atoms with Crippen molar-refractivity contribution < 1.29 is 4.79 Å². The molecule has 4 nitrogen and oxygen atoms in total. The molecule has 0 unspecified atom stereocenters. The lowest BCUT2D eigenvalue weighted by molar-refractivity contribution is 0.0895. The highest BCUT2D eigenvalue weighted by atomic mass is 35.5. The fourth-order valence-electron chi connectivity index (χ4n) is 1.95. The van der Waals surface area contributed by atoms with E-state index in [-0.39, 0.29) is 17.5 Å². The molecule has 0 atom stereocenters. The quantitative estimate of drug-likeness (QED) is 0.768. The number of nitrogen functional groups attached to an aromatic ring is 1. The number of ketones is 1. The summed E-state index contributed by atoms with van der Waals surface area (Å²) >= 11 is 5.82. The summed E-state index contributed by atoms with van der Waals surface area (Å²) in [4.78, 5) is 16.1. The van der Waals surface area contributed by atoms with Crippen molar-refractivity contribution in [2.45, 2.75) is 12.8 Å². The first-order valence-electron chi connectivity index (χ1n) is 5.34. The van der Waals surface area contributed by atoms with Crippen LogP contribution in [-0.4, -0.2) is 23.9 Å². The number of nitrogens with one attached hydrogen (secondary N) is 1. The van der Waals surface area contributed by atoms with Gasteiger partial charge < -0.3 is 11.1 Å². The Morgan fingerprint density at radius 2 is 2.19 bits per heavy atom. The first-order valence-corrected chi connectivity index (χ1v) is 5.72. The van der Waals surface area contributed by atoms with E-state index in [1.165, 1.54) is 6.20 Å². The smallest absolute Gasteiger partial charge is 0.169 e. The molecule has 0 spiro atoms. The van der Waals surface area contributed by atoms with Gasteiger partial charge in [-0.3, -0.25) is 4.79 Å². The molecular formula is C11H14ClN3O. The van der Waals surface area contributed by atoms with Gasteiger partial charge >= 0.3 is 0 Å². The maximum absolute atomic E-state index is 12.2. The first-order chi connectivity index (χ1) is 7.68. The van der Waals surface area contributed by atoms with Crippen molar-refractivity contribution in [3.05, 3.63) is 22.8 Å². The maximum Gasteiger partial charge on any atom is 0.169 e. The zero-order valence-corrected chi connectivity index (χ0v) is 9.63. The van der Waals surface area contributed by atoms with Crippen LogP contribution in [0.1, 0.15) is 23.2 Å². The molecule has 1 aromatic rings. The summed E-state index contributed by atoms with van der Waals surface area (Å²) in [5, 5.41) is 3.67. The lowest BCUT2D eigenvalue weighted by Crippen LogP contribution is -2.32. The Morgan fingerprint density at radius 3 is 2.88 bits per heavy atom. The Labute approximate surface area is 99.2 Å². The van der Waals surface area contributed by atoms with Gasteiger partial charge in [0.2, 0.25) is 0 Å². The van der Waals surface area contributed by atoms with E-state index in [0.29, 0.717) is 10.6 Å². The van der Waals surface area contributed by atoms with Gasteiger partial charge in [0.25, 0.3) is 0 Å². The monoisotopic (exact) mass is 239 g/mol. The van der Waals surface area contributed by atoms with Crippen LogP contribution >= 0.6 is 11.6 Å². The highest BCUT2D eigenvalue weighted by Gasteiger charge is 2.24. The van der Waals surface area contributed by atoms with Crippen LogP contribution in [0.15, 0.2) is 12.3 Å². The van der Waals surface area contributed by atoms with Gasteiger partial charge in [-0.25, -0.2) is 4.98 Å². The molecule has 2 rings (SSSR count). The predicted molar refractivity (Wildman–Crippen MR) is 63.6 cm³/mol. The Morgan fingerprint density at radius 1 is 1.50 bits per heavy atom. The summed E-state index contributed by atoms with van der Waals surface area (Å²) in [6.07, 6.45) is 3.16. The molecule has 1 aromatic heterocycles. The number of carbonyl (C=O) groups is 1. The van der Waals surface area contributed by atoms with Crippen LogP contribution in [0.2, 0.25) is 5.02 Å². The van der Waals surface area contributed by atoms with E-state index in [1.807, 2.05) is 0 Å². The summed E-state index contributed by atoms with van der Waals surface area (Å²) in [6, 6.07) is 1.61. The molecule has 5 heteroatoms. The molecule has 1 aliphatic rings. The van der Waals surface area contributed by atoms with Gasteiger partial charge in [-0.2, -0.15) is 0 Å². The van der Waals surface area contributed by atoms with Gasteiger partial charge in [0.15, 0.2) is 5.78 Å². The second-order valence-corrected chi connectivity index (χ2v) is 4.41. The number of rotatable bonds is 2. The molecule has 86 valence electrons. The zero-order valence-electron chi connectivity index (χ0n) is 8.87. The molecule has 0 amide bonds. The molecule has 0 saturated carbocycles. The molecular weight excluding hydrogens is 226 g/mol. The number of halogens is 1. The minimum atomic E-state index is 0.0452. The van der Waals surface area contributed by atoms with Crippen molar-refractivity contribution in [1.29, 1.82) is 0 Å². The second kappa shape index (κ2) is 4.80. The number of pyridine rings is 1. The Hall–Kier alpha value is -1.13. The van der Waals surface area contributed by atoms with Crippen LogP contribution in [0.4, 0.5) is 5.82 Å². The molecule has 1 fully saturated rings. The molecule has 3 N–H and O–H groups in total. The van der Waals surface area contributed by atoms with Gasteiger partial charge in [-0.05, 0) is 32.0 Å². The van der Waals surface area contributed by atoms with Crippen LogP contribution in [0, 0.1) is 5.92 Å². The van der Waals surface area contributed by atoms with Gasteiger partial charge in [0.1, 0.15) is 5.82 Å². The van der Waals surface area contributed by atoms with E-state index in [2.05, 4.69) is 10.3 Å². The number of Topliss-reactive ketones (excluding diaryl/α,β-unsaturated/α-hetero) is 1. The maximum atomic E-state index is 12.2. The lowest BCUT2D eigenvalue weighted by Gasteiger charge is -2.21. The van der Waals surface area contributed by atoms with E-state index in [9.17, 15) is 4.79 Å². The van der Waals surface area contributed by atoms with Crippen LogP contribution in [0.5, 0.6) is 0 Å². The van der Waals surface area contributed by atoms with Crippen LogP contribution in [0.3, 0.4) is 0 Å². The number of aromatic nitrogens is 1. The fourth-order valence-corrected chi connectivity index (χ4v) is 2.11. The fraction of sp³-hybridized carbons (Fsp3) is 0.455. The number of nitrogens with two attached hydrogens (primary N) is 1. The molecule has 1 saturated heterocycles. The number of hydrogen-bond donors (Lipinski definition) is 2. The van der Waals surface area contributed by atoms with Gasteiger partial charge in [0, 0.05) is 12.1 Å². The van der Waals surface area contributed by atoms with Gasteiger partial charge in [-0.15, -0.1) is 0 Å². The predicted octanol–water partition coefficient (Wildman–Crippen LogP) is 1.50. The minimum Gasteiger partial charge on any atom is -0.383 e. The summed E-state index contributed by atoms with van der Waals surface area (Å²) in [6.45, 7) is 1.76. The molecule has 0 aliphatic carbocycles. The zero-order chi connectivity index (χ0) is 11.5. The third kappa shape index (κ3) is 2.33. The molecule has 0 radical (unpaired) electrons. The number of anilines is 1. The highest BCUT2D eigenvalue weighted by Crippen LogP contribution is 2.23. The van der Waals surface area contributed by atoms with E-state index < -0.39 is 0 Å². The third-order valence-electron chi connectivity index (χ3n) is 2.86. The molecule has 0 bridgehead atoms. The summed E-state index contributed by atoms with van der Waals surface area (Å²) in [5.41, 5.74) is 6.15. The Bertz CT molecular complexity index is 402. The SMILES string of the molecule is Nc1ncc(Cl)cc1C(=O)C1CCNCC1. The third-order valence-corrected chi connectivity index (χ3v) is 3.07. The van der Waals surface area contributed by atoms with Crippen molar-refractivity contribution in [2.75, 3.05) is 18.8 Å². The average Bonchev–Trinajstić information content (AvgIpc) is 2.32. The molecule has 1 aliphatic heterocycles. The minimum absolute atomic E-state index is 0.0452. The second-order valence-electron chi connectivity index (χ2n) is 3.97. The van der Waals surface area contributed by atoms with E-state index in [1.54, 1.807) is 6.07 Å². The number of hydrogen-bond acceptors (Lipinski definition) is 4. The van der Waals surface area contributed by atoms with Crippen molar-refractivity contribution in [1.82, 2.24) is 10.3 Å². The number of piperidine rings is 1. The highest BCUT2D eigenvalue weighted by molar-refractivity contribution is 6.31. The number of carbonyl (C=O) groups excluding carboxylic acids is 1. The van der Waals surface area contributed by atoms with Crippen LogP contribution < -0.4 is 11.1 Å². The molecule has 16 heavy (non-hydrogen) atoms. The summed E-state index contributed by atoms with van der Waals surface area (Å²) in [5.74, 6) is 0.380. The van der Waals surface area contributed by atoms with Crippen molar-refractivity contribution in [2.24, 2.45) is 5.92 Å². The van der Waals surface area contributed by atoms with E-state index >= 15 is 0 Å². The topological polar surface area (TPSA) is 68.0 Å². The summed E-state index contributed by atoms with van der Waals surface area (Å²) in [7, 11) is 0. The molecule has 0 aromatic carbocycles. The molecule has 2 heterocycles. The summed E-state index contributed by atoms with van der Waals surface area (Å²) < 4.78 is 0. The first kappa shape index (κ1) is 11.4. The van der Waals surface area contributed by atoms with Crippen LogP contribution in [0.25, 0.3) is 0 Å². The van der Waals surface area contributed by atoms with Crippen LogP contribution in [-0.2, 0) is 0 Å². The largest absolute Gasteiger partial charge is 0.383 e. The average molecular weight is 240 g/mol. The van der Waals surface area contributed by atoms with Crippen molar-refractivity contribution in [3.63, 3.8) is 0 Å². The van der Waals surface area contributed by atoms with Crippen molar-refractivity contribution in [3.8, 4) is 0 Å². The van der Waals surface area contributed by atoms with Gasteiger partial charge in [-0.1, -0.05) is 11.6 Å². The Kier molecular flexibility index (Phi) is 3.41. The Balaban J connectivity index is 2.22. The normalized spacial score (nSPS) is 17.3. The lowest BCUT2D eigenvalue weighted by atomic mass is 9.90. The van der Waals surface area contributed by atoms with E-state index in [0.717, 1.165) is 25.9 Å². The number of nitrogens with zero attached hydrogens (tertiary/aromatic N) is 1. The van der Waals surface area contributed by atoms with Crippen molar-refractivity contribution >= 4 is 23.2 Å². The standard InChI is InChI=1S/C11H14ClN3O/c12-8-5-9(11(13)15-6-8)10(16)7-1-3-14-4-2-7/h5-7,14H,1-4H2,(H2,13,15).